The van der Waals surface area contributed by atoms with Crippen molar-refractivity contribution in [3.8, 4) is 11.1 Å². The molecule has 0 spiro atoms. The first-order valence-corrected chi connectivity index (χ1v) is 13.1. The largest absolute Gasteiger partial charge is 0.206 e. The minimum atomic E-state index is -1.53. The highest BCUT2D eigenvalue weighted by atomic mass is 19.2. The van der Waals surface area contributed by atoms with Gasteiger partial charge in [-0.2, -0.15) is 0 Å². The molecule has 1 fully saturated rings. The molecule has 2 aromatic rings. The van der Waals surface area contributed by atoms with Crippen molar-refractivity contribution >= 4 is 0 Å². The second-order valence-corrected chi connectivity index (χ2v) is 10.3. The number of halogens is 4. The van der Waals surface area contributed by atoms with E-state index in [1.807, 2.05) is 6.07 Å². The molecule has 184 valence electrons. The van der Waals surface area contributed by atoms with Crippen molar-refractivity contribution in [1.29, 1.82) is 0 Å². The van der Waals surface area contributed by atoms with Crippen LogP contribution in [0.1, 0.15) is 88.7 Å². The van der Waals surface area contributed by atoms with E-state index in [2.05, 4.69) is 13.0 Å². The Balaban J connectivity index is 1.31. The van der Waals surface area contributed by atoms with Gasteiger partial charge in [0.2, 0.25) is 0 Å². The molecule has 0 N–H and O–H groups in total. The Kier molecular flexibility index (Phi) is 8.50. The highest BCUT2D eigenvalue weighted by Crippen LogP contribution is 2.37. The zero-order valence-electron chi connectivity index (χ0n) is 20.2. The van der Waals surface area contributed by atoms with Crippen LogP contribution < -0.4 is 0 Å². The zero-order valence-corrected chi connectivity index (χ0v) is 20.2. The third kappa shape index (κ3) is 5.93. The molecule has 4 heteroatoms. The topological polar surface area (TPSA) is 0 Å². The molecule has 0 nitrogen and oxygen atoms in total. The molecule has 1 saturated carbocycles. The molecule has 4 rings (SSSR count). The van der Waals surface area contributed by atoms with Gasteiger partial charge in [-0.1, -0.05) is 88.5 Å². The third-order valence-corrected chi connectivity index (χ3v) is 7.95. The number of hydrogen-bond donors (Lipinski definition) is 0. The van der Waals surface area contributed by atoms with E-state index in [4.69, 9.17) is 0 Å². The average Bonchev–Trinajstić information content (AvgIpc) is 2.84. The molecule has 2 aliphatic carbocycles. The van der Waals surface area contributed by atoms with Gasteiger partial charge in [-0.25, -0.2) is 17.6 Å². The lowest BCUT2D eigenvalue weighted by Gasteiger charge is -2.29. The average molecular weight is 473 g/mol. The Labute approximate surface area is 201 Å². The summed E-state index contributed by atoms with van der Waals surface area (Å²) >= 11 is 0. The molecule has 2 aliphatic rings. The summed E-state index contributed by atoms with van der Waals surface area (Å²) in [6.45, 7) is 2.26. The van der Waals surface area contributed by atoms with Crippen molar-refractivity contribution in [3.63, 3.8) is 0 Å². The second kappa shape index (κ2) is 11.6. The van der Waals surface area contributed by atoms with E-state index in [0.29, 0.717) is 12.0 Å². The minimum absolute atomic E-state index is 0.0208. The van der Waals surface area contributed by atoms with Crippen LogP contribution in [0.5, 0.6) is 0 Å². The lowest BCUT2D eigenvalue weighted by Crippen LogP contribution is -2.15. The van der Waals surface area contributed by atoms with Crippen molar-refractivity contribution in [1.82, 2.24) is 0 Å². The minimum Gasteiger partial charge on any atom is -0.206 e. The third-order valence-electron chi connectivity index (χ3n) is 7.95. The SMILES string of the molecule is CCCCCCC1CCC(CCC2=CCc3c(ccc(-c4cc(F)c(F)c(F)c4)c3F)C2)CC1. The van der Waals surface area contributed by atoms with Gasteiger partial charge in [0.05, 0.1) is 0 Å². The van der Waals surface area contributed by atoms with Crippen LogP contribution in [0.2, 0.25) is 0 Å². The summed E-state index contributed by atoms with van der Waals surface area (Å²) < 4.78 is 55.8. The number of rotatable bonds is 9. The van der Waals surface area contributed by atoms with Crippen LogP contribution >= 0.6 is 0 Å². The summed E-state index contributed by atoms with van der Waals surface area (Å²) in [7, 11) is 0. The van der Waals surface area contributed by atoms with Crippen LogP contribution in [-0.2, 0) is 12.8 Å². The Morgan fingerprint density at radius 1 is 0.794 bits per heavy atom. The molecule has 2 aromatic carbocycles. The van der Waals surface area contributed by atoms with Gasteiger partial charge in [0.1, 0.15) is 5.82 Å². The smallest absolute Gasteiger partial charge is 0.194 e. The molecule has 0 amide bonds. The maximum Gasteiger partial charge on any atom is 0.194 e. The predicted molar refractivity (Wildman–Crippen MR) is 131 cm³/mol. The first-order chi connectivity index (χ1) is 16.5. The Hall–Kier alpha value is -2.10. The zero-order chi connectivity index (χ0) is 24.1. The standard InChI is InChI=1S/C30H36F4/c1-2-3-4-5-6-20-7-9-21(10-8-20)11-12-22-13-15-25-23(17-22)14-16-26(29(25)33)24-18-27(31)30(34)28(32)19-24/h13-14,16,18-21H,2-12,15,17H2,1H3. The summed E-state index contributed by atoms with van der Waals surface area (Å²) in [6.07, 6.45) is 17.9. The van der Waals surface area contributed by atoms with Gasteiger partial charge in [0.25, 0.3) is 0 Å². The van der Waals surface area contributed by atoms with Crippen LogP contribution in [0.4, 0.5) is 17.6 Å². The number of unbranched alkanes of at least 4 members (excludes halogenated alkanes) is 3. The molecular weight excluding hydrogens is 436 g/mol. The van der Waals surface area contributed by atoms with E-state index in [1.165, 1.54) is 69.8 Å². The van der Waals surface area contributed by atoms with Gasteiger partial charge >= 0.3 is 0 Å². The van der Waals surface area contributed by atoms with E-state index in [9.17, 15) is 13.2 Å². The number of hydrogen-bond acceptors (Lipinski definition) is 0. The quantitative estimate of drug-likeness (QED) is 0.148. The Morgan fingerprint density at radius 3 is 2.15 bits per heavy atom. The van der Waals surface area contributed by atoms with Crippen molar-refractivity contribution in [2.75, 3.05) is 0 Å². The van der Waals surface area contributed by atoms with Gasteiger partial charge in [-0.3, -0.25) is 0 Å². The first-order valence-electron chi connectivity index (χ1n) is 13.1. The second-order valence-electron chi connectivity index (χ2n) is 10.3. The van der Waals surface area contributed by atoms with Crippen LogP contribution in [0.15, 0.2) is 35.9 Å². The van der Waals surface area contributed by atoms with E-state index >= 15 is 4.39 Å². The van der Waals surface area contributed by atoms with Crippen LogP contribution in [-0.4, -0.2) is 0 Å². The van der Waals surface area contributed by atoms with Crippen molar-refractivity contribution in [2.45, 2.75) is 90.4 Å². The predicted octanol–water partition coefficient (Wildman–Crippen LogP) is 9.49. The highest BCUT2D eigenvalue weighted by Gasteiger charge is 2.23. The molecule has 0 aromatic heterocycles. The first kappa shape index (κ1) is 25.0. The number of benzene rings is 2. The summed E-state index contributed by atoms with van der Waals surface area (Å²) in [5.41, 5.74) is 3.01. The lowest BCUT2D eigenvalue weighted by molar-refractivity contribution is 0.248. The number of fused-ring (bicyclic) bond motifs is 1. The fourth-order valence-electron chi connectivity index (χ4n) is 5.79. The van der Waals surface area contributed by atoms with Crippen LogP contribution in [0.25, 0.3) is 11.1 Å². The van der Waals surface area contributed by atoms with Crippen LogP contribution in [0, 0.1) is 35.1 Å². The van der Waals surface area contributed by atoms with Gasteiger partial charge in [0.15, 0.2) is 17.5 Å². The van der Waals surface area contributed by atoms with Crippen molar-refractivity contribution in [2.24, 2.45) is 11.8 Å². The Morgan fingerprint density at radius 2 is 1.47 bits per heavy atom. The van der Waals surface area contributed by atoms with Crippen LogP contribution in [0.3, 0.4) is 0 Å². The van der Waals surface area contributed by atoms with Gasteiger partial charge in [-0.15, -0.1) is 0 Å². The Bertz CT molecular complexity index is 992. The maximum absolute atomic E-state index is 15.2. The van der Waals surface area contributed by atoms with Crippen molar-refractivity contribution in [3.05, 3.63) is 70.3 Å². The fourth-order valence-corrected chi connectivity index (χ4v) is 5.79. The molecule has 34 heavy (non-hydrogen) atoms. The van der Waals surface area contributed by atoms with Crippen molar-refractivity contribution < 1.29 is 17.6 Å². The van der Waals surface area contributed by atoms with E-state index in [0.717, 1.165) is 42.4 Å². The molecule has 0 atom stereocenters. The van der Waals surface area contributed by atoms with E-state index in [-0.39, 0.29) is 11.1 Å². The fraction of sp³-hybridized carbons (Fsp3) is 0.533. The molecular formula is C30H36F4. The van der Waals surface area contributed by atoms with E-state index < -0.39 is 23.3 Å². The monoisotopic (exact) mass is 472 g/mol. The summed E-state index contributed by atoms with van der Waals surface area (Å²) in [6, 6.07) is 5.12. The summed E-state index contributed by atoms with van der Waals surface area (Å²) in [5.74, 6) is -2.88. The molecule has 0 unspecified atom stereocenters. The molecule has 0 heterocycles. The summed E-state index contributed by atoms with van der Waals surface area (Å²) in [4.78, 5) is 0. The summed E-state index contributed by atoms with van der Waals surface area (Å²) in [5, 5.41) is 0. The molecule has 0 bridgehead atoms. The molecule has 0 saturated heterocycles. The molecule has 0 radical (unpaired) electrons. The number of allylic oxidation sites excluding steroid dienone is 2. The van der Waals surface area contributed by atoms with Gasteiger partial charge in [0, 0.05) is 5.56 Å². The highest BCUT2D eigenvalue weighted by molar-refractivity contribution is 5.67. The van der Waals surface area contributed by atoms with Gasteiger partial charge < -0.3 is 0 Å². The van der Waals surface area contributed by atoms with Gasteiger partial charge in [-0.05, 0) is 66.3 Å². The maximum atomic E-state index is 15.2. The van der Waals surface area contributed by atoms with E-state index in [1.54, 1.807) is 6.07 Å². The normalized spacial score (nSPS) is 20.2. The molecule has 0 aliphatic heterocycles. The lowest BCUT2D eigenvalue weighted by atomic mass is 9.77.